The summed E-state index contributed by atoms with van der Waals surface area (Å²) in [5.41, 5.74) is 1.26. The fourth-order valence-electron chi connectivity index (χ4n) is 3.80. The second kappa shape index (κ2) is 10.7. The lowest BCUT2D eigenvalue weighted by Crippen LogP contribution is -2.53. The number of carbonyl (C=O) groups excluding carboxylic acids is 1. The summed E-state index contributed by atoms with van der Waals surface area (Å²) in [4.78, 5) is 21.7. The Morgan fingerprint density at radius 1 is 1.15 bits per heavy atom. The van der Waals surface area contributed by atoms with Crippen LogP contribution in [0.5, 0.6) is 5.75 Å². The van der Waals surface area contributed by atoms with Crippen molar-refractivity contribution >= 4 is 17.5 Å². The Bertz CT molecular complexity index is 1160. The van der Waals surface area contributed by atoms with E-state index < -0.39 is 6.10 Å². The average molecular weight is 480 g/mol. The Hall–Kier alpha value is -3.41. The molecule has 1 aliphatic heterocycles. The molecule has 34 heavy (non-hydrogen) atoms. The van der Waals surface area contributed by atoms with Crippen molar-refractivity contribution in [1.29, 1.82) is 5.26 Å². The fraction of sp³-hybridized carbons (Fsp3) is 0.360. The maximum atomic E-state index is 13.2. The number of nitriles is 1. The number of rotatable bonds is 7. The van der Waals surface area contributed by atoms with E-state index >= 15 is 0 Å². The Balaban J connectivity index is 1.34. The first-order valence-electron chi connectivity index (χ1n) is 11.2. The van der Waals surface area contributed by atoms with Crippen molar-refractivity contribution in [1.82, 2.24) is 19.9 Å². The van der Waals surface area contributed by atoms with Crippen molar-refractivity contribution in [2.75, 3.05) is 26.2 Å². The van der Waals surface area contributed by atoms with Gasteiger partial charge in [0.15, 0.2) is 6.10 Å². The van der Waals surface area contributed by atoms with Gasteiger partial charge in [0, 0.05) is 36.8 Å². The van der Waals surface area contributed by atoms with Gasteiger partial charge in [0.05, 0.1) is 12.1 Å². The summed E-state index contributed by atoms with van der Waals surface area (Å²) in [6.45, 7) is 6.92. The molecule has 0 radical (unpaired) electrons. The molecule has 1 amide bonds. The van der Waals surface area contributed by atoms with Gasteiger partial charge in [-0.2, -0.15) is 10.2 Å². The van der Waals surface area contributed by atoms with E-state index in [0.717, 1.165) is 5.56 Å². The summed E-state index contributed by atoms with van der Waals surface area (Å²) in [7, 11) is 0. The minimum absolute atomic E-state index is 0.0399. The molecule has 0 bridgehead atoms. The van der Waals surface area contributed by atoms with Gasteiger partial charge in [-0.05, 0) is 42.3 Å². The number of carbonyl (C=O) groups is 1. The summed E-state index contributed by atoms with van der Waals surface area (Å²) >= 11 is 5.94. The highest BCUT2D eigenvalue weighted by Crippen LogP contribution is 2.23. The Labute approximate surface area is 203 Å². The molecule has 1 fully saturated rings. The van der Waals surface area contributed by atoms with Crippen LogP contribution in [0.2, 0.25) is 5.02 Å². The zero-order valence-electron chi connectivity index (χ0n) is 19.1. The van der Waals surface area contributed by atoms with Gasteiger partial charge in [-0.3, -0.25) is 9.69 Å². The van der Waals surface area contributed by atoms with Gasteiger partial charge in [0.25, 0.3) is 5.91 Å². The Morgan fingerprint density at radius 3 is 2.53 bits per heavy atom. The van der Waals surface area contributed by atoms with Gasteiger partial charge < -0.3 is 14.2 Å². The molecule has 1 unspecified atom stereocenters. The second-order valence-electron chi connectivity index (χ2n) is 8.51. The number of hydrogen-bond acceptors (Lipinski definition) is 7. The molecule has 1 aliphatic rings. The maximum Gasteiger partial charge on any atom is 0.264 e. The third kappa shape index (κ3) is 5.56. The van der Waals surface area contributed by atoms with Crippen LogP contribution in [0, 0.1) is 17.2 Å². The number of benzene rings is 2. The van der Waals surface area contributed by atoms with E-state index in [2.05, 4.69) is 21.1 Å². The molecule has 1 atom stereocenters. The molecule has 9 heteroatoms. The van der Waals surface area contributed by atoms with Crippen molar-refractivity contribution < 1.29 is 14.1 Å². The molecular formula is C25H26ClN5O3. The number of halogens is 1. The SMILES string of the molecule is CC(C)C(Oc1ccccc1C#N)C(=O)N1CCN(Cc2nc(-c3ccc(Cl)cc3)no2)CC1. The van der Waals surface area contributed by atoms with Crippen molar-refractivity contribution in [2.24, 2.45) is 5.92 Å². The van der Waals surface area contributed by atoms with Crippen LogP contribution in [0.4, 0.5) is 0 Å². The first-order chi connectivity index (χ1) is 16.4. The number of piperazine rings is 1. The predicted octanol–water partition coefficient (Wildman–Crippen LogP) is 4.01. The molecule has 1 aromatic heterocycles. The topological polar surface area (TPSA) is 95.5 Å². The van der Waals surface area contributed by atoms with Crippen molar-refractivity contribution in [3.05, 3.63) is 65.0 Å². The summed E-state index contributed by atoms with van der Waals surface area (Å²) in [5, 5.41) is 14.0. The van der Waals surface area contributed by atoms with Gasteiger partial charge in [-0.15, -0.1) is 0 Å². The van der Waals surface area contributed by atoms with Gasteiger partial charge in [0.1, 0.15) is 11.8 Å². The van der Waals surface area contributed by atoms with Crippen LogP contribution in [-0.4, -0.2) is 58.1 Å². The first kappa shape index (κ1) is 23.7. The van der Waals surface area contributed by atoms with E-state index in [1.165, 1.54) is 0 Å². The minimum Gasteiger partial charge on any atom is -0.479 e. The largest absolute Gasteiger partial charge is 0.479 e. The molecule has 1 saturated heterocycles. The quantitative estimate of drug-likeness (QED) is 0.505. The van der Waals surface area contributed by atoms with Gasteiger partial charge in [-0.1, -0.05) is 42.7 Å². The molecule has 2 aromatic carbocycles. The van der Waals surface area contributed by atoms with Crippen molar-refractivity contribution in [3.63, 3.8) is 0 Å². The lowest BCUT2D eigenvalue weighted by atomic mass is 10.0. The zero-order valence-corrected chi connectivity index (χ0v) is 19.9. The van der Waals surface area contributed by atoms with Gasteiger partial charge in [-0.25, -0.2) is 0 Å². The molecule has 0 saturated carbocycles. The zero-order chi connectivity index (χ0) is 24.1. The molecule has 176 valence electrons. The Kier molecular flexibility index (Phi) is 7.46. The van der Waals surface area contributed by atoms with E-state index in [1.807, 2.05) is 30.9 Å². The molecule has 2 heterocycles. The smallest absolute Gasteiger partial charge is 0.264 e. The van der Waals surface area contributed by atoms with E-state index in [-0.39, 0.29) is 11.8 Å². The van der Waals surface area contributed by atoms with E-state index in [4.69, 9.17) is 20.9 Å². The number of hydrogen-bond donors (Lipinski definition) is 0. The van der Waals surface area contributed by atoms with Gasteiger partial charge in [0.2, 0.25) is 11.7 Å². The lowest BCUT2D eigenvalue weighted by molar-refractivity contribution is -0.142. The van der Waals surface area contributed by atoms with Gasteiger partial charge >= 0.3 is 0 Å². The van der Waals surface area contributed by atoms with Crippen molar-refractivity contribution in [3.8, 4) is 23.2 Å². The molecular weight excluding hydrogens is 454 g/mol. The van der Waals surface area contributed by atoms with Crippen LogP contribution in [-0.2, 0) is 11.3 Å². The predicted molar refractivity (Wildman–Crippen MR) is 127 cm³/mol. The molecule has 8 nitrogen and oxygen atoms in total. The molecule has 0 spiro atoms. The molecule has 4 rings (SSSR count). The number of amides is 1. The van der Waals surface area contributed by atoms with Crippen LogP contribution >= 0.6 is 11.6 Å². The van der Waals surface area contributed by atoms with E-state index in [0.29, 0.717) is 60.8 Å². The first-order valence-corrected chi connectivity index (χ1v) is 11.6. The number of nitrogens with zero attached hydrogens (tertiary/aromatic N) is 5. The summed E-state index contributed by atoms with van der Waals surface area (Å²) in [5.74, 6) is 1.38. The highest BCUT2D eigenvalue weighted by molar-refractivity contribution is 6.30. The summed E-state index contributed by atoms with van der Waals surface area (Å²) in [6, 6.07) is 16.4. The van der Waals surface area contributed by atoms with E-state index in [9.17, 15) is 10.1 Å². The average Bonchev–Trinajstić information content (AvgIpc) is 3.31. The van der Waals surface area contributed by atoms with Crippen molar-refractivity contribution in [2.45, 2.75) is 26.5 Å². The maximum absolute atomic E-state index is 13.2. The monoisotopic (exact) mass is 479 g/mol. The third-order valence-electron chi connectivity index (χ3n) is 5.72. The van der Waals surface area contributed by atoms with Crippen LogP contribution in [0.15, 0.2) is 53.1 Å². The number of aromatic nitrogens is 2. The summed E-state index contributed by atoms with van der Waals surface area (Å²) < 4.78 is 11.4. The van der Waals surface area contributed by atoms with Crippen LogP contribution in [0.25, 0.3) is 11.4 Å². The Morgan fingerprint density at radius 2 is 1.85 bits per heavy atom. The fourth-order valence-corrected chi connectivity index (χ4v) is 3.93. The van der Waals surface area contributed by atoms with Crippen LogP contribution < -0.4 is 4.74 Å². The lowest BCUT2D eigenvalue weighted by Gasteiger charge is -2.36. The third-order valence-corrected chi connectivity index (χ3v) is 5.98. The standard InChI is InChI=1S/C25H26ClN5O3/c1-17(2)23(33-21-6-4-3-5-19(21)15-27)25(32)31-13-11-30(12-14-31)16-22-28-24(29-34-22)18-7-9-20(26)10-8-18/h3-10,17,23H,11-14,16H2,1-2H3. The number of ether oxygens (including phenoxy) is 1. The van der Waals surface area contributed by atoms with Crippen LogP contribution in [0.1, 0.15) is 25.3 Å². The number of para-hydroxylation sites is 1. The summed E-state index contributed by atoms with van der Waals surface area (Å²) in [6.07, 6.45) is -0.654. The van der Waals surface area contributed by atoms with E-state index in [1.54, 1.807) is 36.4 Å². The normalized spacial score (nSPS) is 15.2. The second-order valence-corrected chi connectivity index (χ2v) is 8.95. The molecule has 0 aliphatic carbocycles. The highest BCUT2D eigenvalue weighted by atomic mass is 35.5. The highest BCUT2D eigenvalue weighted by Gasteiger charge is 2.32. The molecule has 0 N–H and O–H groups in total. The minimum atomic E-state index is -0.654. The van der Waals surface area contributed by atoms with Crippen LogP contribution in [0.3, 0.4) is 0 Å². The molecule has 3 aromatic rings.